The first kappa shape index (κ1) is 71.8. The van der Waals surface area contributed by atoms with Crippen molar-refractivity contribution in [3.05, 3.63) is 12.4 Å². The number of sulfonamides is 4. The quantitative estimate of drug-likeness (QED) is 0.115. The second-order valence-electron chi connectivity index (χ2n) is 3.98. The van der Waals surface area contributed by atoms with Crippen LogP contribution in [-0.2, 0) is 60.9 Å². The number of thiol groups is 1. The van der Waals surface area contributed by atoms with E-state index in [4.69, 9.17) is 0 Å². The van der Waals surface area contributed by atoms with Crippen molar-refractivity contribution in [2.24, 2.45) is 0 Å². The van der Waals surface area contributed by atoms with Gasteiger partial charge in [-0.2, -0.15) is 0 Å². The largest absolute Gasteiger partial charge is 1.00 e. The molecule has 0 aromatic heterocycles. The third kappa shape index (κ3) is 109. The molecule has 0 fully saturated rings. The Bertz CT molecular complexity index is 913. The molecule has 0 N–H and O–H groups in total. The van der Waals surface area contributed by atoms with Gasteiger partial charge < -0.3 is 17.1 Å². The molecule has 0 aliphatic carbocycles. The van der Waals surface area contributed by atoms with Crippen LogP contribution in [0.15, 0.2) is 0 Å². The number of hydrogen-bond donors (Lipinski definition) is 1. The van der Waals surface area contributed by atoms with Gasteiger partial charge in [-0.1, -0.05) is 14.9 Å². The molecule has 0 spiro atoms. The predicted molar refractivity (Wildman–Crippen MR) is 126 cm³/mol. The fourth-order valence-electron chi connectivity index (χ4n) is 0.569. The van der Waals surface area contributed by atoms with E-state index in [2.05, 4.69) is 13.9 Å². The maximum atomic E-state index is 11.3. The summed E-state index contributed by atoms with van der Waals surface area (Å²) in [5.41, 5.74) is 0. The van der Waals surface area contributed by atoms with E-state index in [1.165, 1.54) is 0 Å². The molecule has 0 saturated heterocycles. The monoisotopic (exact) mass is 763 g/mol. The first-order valence-corrected chi connectivity index (χ1v) is 18.5. The predicted octanol–water partition coefficient (Wildman–Crippen LogP) is -14.1. The van der Waals surface area contributed by atoms with Gasteiger partial charge in [0.05, 0.1) is 40.1 Å². The maximum absolute atomic E-state index is 11.3. The molecule has 0 bridgehead atoms. The van der Waals surface area contributed by atoms with Gasteiger partial charge in [0.25, 0.3) is 0 Å². The Hall–Kier alpha value is 2.84. The smallest absolute Gasteiger partial charge is 1.00 e. The number of hydrogen-bond acceptors (Lipinski definition) is 13. The summed E-state index contributed by atoms with van der Waals surface area (Å²) in [7, 11) is -22.7. The van der Waals surface area contributed by atoms with Crippen LogP contribution in [0.3, 0.4) is 0 Å². The van der Waals surface area contributed by atoms with E-state index in [9.17, 15) is 58.3 Å². The molecule has 0 aromatic carbocycles. The maximum Gasteiger partial charge on any atom is 1.00 e. The van der Waals surface area contributed by atoms with Gasteiger partial charge in [0.2, 0.25) is 20.8 Å². The van der Waals surface area contributed by atoms with Crippen molar-refractivity contribution < 1.29 is 138 Å². The van der Waals surface area contributed by atoms with Crippen molar-refractivity contribution in [1.82, 2.24) is 0 Å². The van der Waals surface area contributed by atoms with E-state index < -0.39 is 60.9 Å². The van der Waals surface area contributed by atoms with Crippen molar-refractivity contribution in [2.45, 2.75) is 14.9 Å². The molecule has 36 heavy (non-hydrogen) atoms. The molecular weight excluding hydrogens is 742 g/mol. The third-order valence-electron chi connectivity index (χ3n) is 0.720. The zero-order chi connectivity index (χ0) is 25.1. The Morgan fingerprint density at radius 2 is 0.583 bits per heavy atom. The number of rotatable bonds is 6. The topological polar surface area (TPSA) is 247 Å². The Morgan fingerprint density at radius 3 is 0.583 bits per heavy atom. The second kappa shape index (κ2) is 29.3. The van der Waals surface area contributed by atoms with Crippen LogP contribution in [0.4, 0.5) is 7.77 Å². The molecule has 0 aliphatic heterocycles. The SMILES string of the molecule is C.C.CS(=O)(=O)[N-]S(=O)(=O)F.CS(=O)(=O)[N-]S(=O)(=O)F.CS(=O)(=O)[N-]S(C)(=O)=O.SI.[F-].[Li+].[Li+].[Li+].[Li+]. The van der Waals surface area contributed by atoms with E-state index in [1.54, 1.807) is 0 Å². The minimum atomic E-state index is -5.24. The average Bonchev–Trinajstić information content (AvgIpc) is 2.16. The van der Waals surface area contributed by atoms with E-state index in [0.29, 0.717) is 25.0 Å². The fourth-order valence-corrected chi connectivity index (χ4v) is 5.12. The molecule has 30 heteroatoms. The molecule has 0 aromatic rings. The molecular formula is C6H21F3ILi4N3O12S7. The summed E-state index contributed by atoms with van der Waals surface area (Å²) in [5, 5.41) is 0. The Balaban J connectivity index is -0.0000000255. The number of nitrogens with zero attached hydrogens (tertiary/aromatic N) is 3. The summed E-state index contributed by atoms with van der Waals surface area (Å²) in [5.74, 6) is 0. The van der Waals surface area contributed by atoms with Gasteiger partial charge >= 0.3 is 75.4 Å². The van der Waals surface area contributed by atoms with Crippen LogP contribution < -0.4 is 80.1 Å². The summed E-state index contributed by atoms with van der Waals surface area (Å²) in [6, 6.07) is 0. The Morgan fingerprint density at radius 1 is 0.472 bits per heavy atom. The minimum Gasteiger partial charge on any atom is -1.00 e. The van der Waals surface area contributed by atoms with Gasteiger partial charge in [-0.05, 0) is 21.2 Å². The van der Waals surface area contributed by atoms with Crippen molar-refractivity contribution in [1.29, 1.82) is 0 Å². The van der Waals surface area contributed by atoms with Crippen LogP contribution in [-0.4, -0.2) is 75.5 Å². The minimum absolute atomic E-state index is 0. The summed E-state index contributed by atoms with van der Waals surface area (Å²) >= 11 is 1.84. The zero-order valence-corrected chi connectivity index (χ0v) is 26.6. The van der Waals surface area contributed by atoms with Gasteiger partial charge in [-0.15, -0.1) is 17.6 Å². The molecule has 0 radical (unpaired) electrons. The average molecular weight is 763 g/mol. The third-order valence-corrected chi connectivity index (χ3v) is 6.48. The van der Waals surface area contributed by atoms with E-state index in [1.807, 2.05) is 29.5 Å². The molecule has 0 aliphatic rings. The van der Waals surface area contributed by atoms with Gasteiger partial charge in [-0.3, -0.25) is 0 Å². The molecule has 0 unspecified atom stereocenters. The van der Waals surface area contributed by atoms with Gasteiger partial charge in [0.1, 0.15) is 0 Å². The van der Waals surface area contributed by atoms with Crippen LogP contribution in [0.1, 0.15) is 14.9 Å². The normalized spacial score (nSPS) is 10.3. The molecule has 206 valence electrons. The van der Waals surface area contributed by atoms with Crippen LogP contribution in [0.25, 0.3) is 12.4 Å². The van der Waals surface area contributed by atoms with E-state index in [0.717, 1.165) is 0 Å². The van der Waals surface area contributed by atoms with E-state index in [-0.39, 0.29) is 95.0 Å². The van der Waals surface area contributed by atoms with Crippen molar-refractivity contribution in [3.8, 4) is 0 Å². The molecule has 15 nitrogen and oxygen atoms in total. The Labute approximate surface area is 279 Å². The van der Waals surface area contributed by atoms with Crippen LogP contribution in [0.5, 0.6) is 0 Å². The van der Waals surface area contributed by atoms with Crippen molar-refractivity contribution >= 4 is 91.9 Å². The first-order valence-electron chi connectivity index (χ1n) is 5.21. The van der Waals surface area contributed by atoms with Gasteiger partial charge in [0, 0.05) is 25.0 Å². The van der Waals surface area contributed by atoms with Crippen molar-refractivity contribution in [2.75, 3.05) is 25.0 Å². The van der Waals surface area contributed by atoms with Crippen LogP contribution in [0, 0.1) is 0 Å². The standard InChI is InChI=1S/C2H6NO4S2.2CH3FNO4S2.2CH4.FH.HIS.4Li/c3*1-8(4,5)3-9(2,6)7;;;;1-2;;;;/h1-2H3;2*1H3;2*1H4;1H;2H;;;;/q3*-1;;;;;4*+1/p-1. The molecule has 0 rings (SSSR count). The van der Waals surface area contributed by atoms with E-state index >= 15 is 0 Å². The van der Waals surface area contributed by atoms with Crippen molar-refractivity contribution in [3.63, 3.8) is 0 Å². The fraction of sp³-hybridized carbons (Fsp3) is 1.00. The zero-order valence-electron chi connectivity index (χ0n) is 18.6. The summed E-state index contributed by atoms with van der Waals surface area (Å²) < 4.78 is 146. The number of halogens is 4. The summed E-state index contributed by atoms with van der Waals surface area (Å²) in [6.45, 7) is 0. The summed E-state index contributed by atoms with van der Waals surface area (Å²) in [4.78, 5) is 0. The van der Waals surface area contributed by atoms with Gasteiger partial charge in [0.15, 0.2) is 0 Å². The second-order valence-corrected chi connectivity index (χ2v) is 13.3. The first-order chi connectivity index (χ1) is 12.1. The molecule has 0 amide bonds. The molecule has 0 saturated carbocycles. The van der Waals surface area contributed by atoms with Crippen LogP contribution >= 0.6 is 31.0 Å². The summed E-state index contributed by atoms with van der Waals surface area (Å²) in [6.07, 6.45) is 2.39. The van der Waals surface area contributed by atoms with Crippen LogP contribution in [0.2, 0.25) is 0 Å². The Kier molecular flexibility index (Phi) is 58.5. The molecule has 0 heterocycles. The van der Waals surface area contributed by atoms with Gasteiger partial charge in [-0.25, -0.2) is 50.5 Å². The molecule has 0 atom stereocenters.